The van der Waals surface area contributed by atoms with Crippen LogP contribution in [0.5, 0.6) is 11.6 Å². The molecule has 2 aromatic heterocycles. The van der Waals surface area contributed by atoms with Crippen LogP contribution in [0.15, 0.2) is 60.8 Å². The van der Waals surface area contributed by atoms with E-state index in [2.05, 4.69) is 25.0 Å². The number of alkyl halides is 3. The molecular weight excluding hydrogens is 415 g/mol. The first-order valence-electron chi connectivity index (χ1n) is 8.82. The van der Waals surface area contributed by atoms with Crippen LogP contribution in [-0.4, -0.2) is 20.5 Å². The lowest BCUT2D eigenvalue weighted by Gasteiger charge is -2.10. The van der Waals surface area contributed by atoms with Crippen LogP contribution in [0.1, 0.15) is 5.69 Å². The summed E-state index contributed by atoms with van der Waals surface area (Å²) in [5.74, 6) is 1.30. The highest BCUT2D eigenvalue weighted by Gasteiger charge is 2.28. The van der Waals surface area contributed by atoms with E-state index in [4.69, 9.17) is 4.74 Å². The van der Waals surface area contributed by atoms with Crippen molar-refractivity contribution in [1.29, 1.82) is 0 Å². The third kappa shape index (κ3) is 5.15. The Morgan fingerprint density at radius 1 is 1.00 bits per heavy atom. The molecule has 0 radical (unpaired) electrons. The van der Waals surface area contributed by atoms with Crippen LogP contribution in [0.4, 0.5) is 30.5 Å². The second-order valence-corrected chi connectivity index (χ2v) is 7.25. The van der Waals surface area contributed by atoms with E-state index in [9.17, 15) is 13.2 Å². The summed E-state index contributed by atoms with van der Waals surface area (Å²) in [7, 11) is 0. The van der Waals surface area contributed by atoms with Crippen LogP contribution in [0, 0.1) is 6.92 Å². The fraction of sp³-hybridized carbons (Fsp3) is 0.100. The average molecular weight is 431 g/mol. The van der Waals surface area contributed by atoms with Crippen molar-refractivity contribution in [2.75, 3.05) is 10.0 Å². The van der Waals surface area contributed by atoms with Gasteiger partial charge in [-0.3, -0.25) is 0 Å². The van der Waals surface area contributed by atoms with Crippen LogP contribution in [0.25, 0.3) is 10.9 Å². The Morgan fingerprint density at radius 3 is 2.53 bits per heavy atom. The van der Waals surface area contributed by atoms with Crippen molar-refractivity contribution >= 4 is 40.2 Å². The SMILES string of the molecule is Cc1cc2cc(Oc3ccnc(Nc4ccc(NSC(F)(F)F)cc4)n3)ccc2[nH]1. The Morgan fingerprint density at radius 2 is 1.77 bits per heavy atom. The first-order chi connectivity index (χ1) is 14.3. The minimum atomic E-state index is -4.35. The summed E-state index contributed by atoms with van der Waals surface area (Å²) < 4.78 is 44.8. The molecular formula is C20H16F3N5OS. The number of rotatable bonds is 6. The quantitative estimate of drug-likeness (QED) is 0.308. The van der Waals surface area contributed by atoms with Gasteiger partial charge in [-0.15, -0.1) is 0 Å². The first-order valence-corrected chi connectivity index (χ1v) is 9.64. The van der Waals surface area contributed by atoms with Crippen molar-refractivity contribution in [2.45, 2.75) is 12.4 Å². The Balaban J connectivity index is 1.42. The lowest BCUT2D eigenvalue weighted by atomic mass is 10.2. The third-order valence-electron chi connectivity index (χ3n) is 4.00. The molecule has 0 saturated carbocycles. The molecule has 0 spiro atoms. The van der Waals surface area contributed by atoms with Crippen LogP contribution in [-0.2, 0) is 0 Å². The summed E-state index contributed by atoms with van der Waals surface area (Å²) in [6, 6.07) is 15.7. The van der Waals surface area contributed by atoms with Gasteiger partial charge in [0, 0.05) is 40.2 Å². The molecule has 0 aliphatic carbocycles. The molecule has 4 rings (SSSR count). The van der Waals surface area contributed by atoms with Crippen LogP contribution in [0.3, 0.4) is 0 Å². The number of anilines is 3. The number of benzene rings is 2. The fourth-order valence-electron chi connectivity index (χ4n) is 2.77. The van der Waals surface area contributed by atoms with Gasteiger partial charge in [0.2, 0.25) is 11.8 Å². The monoisotopic (exact) mass is 431 g/mol. The zero-order valence-electron chi connectivity index (χ0n) is 15.6. The number of fused-ring (bicyclic) bond motifs is 1. The van der Waals surface area contributed by atoms with Gasteiger partial charge in [-0.1, -0.05) is 0 Å². The number of hydrogen-bond acceptors (Lipinski definition) is 6. The normalized spacial score (nSPS) is 11.5. The van der Waals surface area contributed by atoms with Crippen molar-refractivity contribution in [1.82, 2.24) is 15.0 Å². The Labute approximate surface area is 174 Å². The molecule has 0 aliphatic rings. The molecule has 0 saturated heterocycles. The molecule has 0 bridgehead atoms. The summed E-state index contributed by atoms with van der Waals surface area (Å²) >= 11 is -0.312. The average Bonchev–Trinajstić information content (AvgIpc) is 3.06. The number of H-pyrrole nitrogens is 1. The minimum absolute atomic E-state index is 0.302. The Bertz CT molecular complexity index is 1160. The highest BCUT2D eigenvalue weighted by atomic mass is 32.2. The number of aromatic amines is 1. The largest absolute Gasteiger partial charge is 0.461 e. The van der Waals surface area contributed by atoms with Crippen molar-refractivity contribution < 1.29 is 17.9 Å². The summed E-state index contributed by atoms with van der Waals surface area (Å²) in [6.07, 6.45) is 1.56. The second-order valence-electron chi connectivity index (χ2n) is 6.37. The molecule has 30 heavy (non-hydrogen) atoms. The molecule has 2 aromatic carbocycles. The first kappa shape index (κ1) is 19.9. The van der Waals surface area contributed by atoms with E-state index in [0.29, 0.717) is 29.0 Å². The predicted molar refractivity (Wildman–Crippen MR) is 112 cm³/mol. The topological polar surface area (TPSA) is 74.9 Å². The van der Waals surface area contributed by atoms with Gasteiger partial charge in [-0.25, -0.2) is 4.98 Å². The van der Waals surface area contributed by atoms with E-state index >= 15 is 0 Å². The van der Waals surface area contributed by atoms with Crippen molar-refractivity contribution in [3.05, 3.63) is 66.5 Å². The van der Waals surface area contributed by atoms with Gasteiger partial charge >= 0.3 is 5.51 Å². The number of aryl methyl sites for hydroxylation is 1. The summed E-state index contributed by atoms with van der Waals surface area (Å²) in [4.78, 5) is 11.7. The van der Waals surface area contributed by atoms with Gasteiger partial charge in [-0.05, 0) is 55.5 Å². The van der Waals surface area contributed by atoms with Crippen LogP contribution in [0.2, 0.25) is 0 Å². The van der Waals surface area contributed by atoms with Gasteiger partial charge in [0.05, 0.1) is 11.9 Å². The summed E-state index contributed by atoms with van der Waals surface area (Å²) in [5, 5.41) is 4.04. The molecule has 0 fully saturated rings. The van der Waals surface area contributed by atoms with Crippen molar-refractivity contribution in [2.24, 2.45) is 0 Å². The zero-order chi connectivity index (χ0) is 21.1. The molecule has 6 nitrogen and oxygen atoms in total. The van der Waals surface area contributed by atoms with Gasteiger partial charge in [-0.2, -0.15) is 18.2 Å². The third-order valence-corrected chi connectivity index (χ3v) is 4.57. The molecule has 2 heterocycles. The van der Waals surface area contributed by atoms with E-state index in [1.54, 1.807) is 24.4 Å². The number of halogens is 3. The highest BCUT2D eigenvalue weighted by Crippen LogP contribution is 2.31. The Hall–Kier alpha value is -3.40. The molecule has 0 aliphatic heterocycles. The number of ether oxygens (including phenoxy) is 1. The van der Waals surface area contributed by atoms with Crippen LogP contribution < -0.4 is 14.8 Å². The van der Waals surface area contributed by atoms with Gasteiger partial charge in [0.1, 0.15) is 5.75 Å². The Kier molecular flexibility index (Phi) is 5.40. The second kappa shape index (κ2) is 8.15. The molecule has 3 N–H and O–H groups in total. The van der Waals surface area contributed by atoms with E-state index in [1.165, 1.54) is 12.1 Å². The lowest BCUT2D eigenvalue weighted by molar-refractivity contribution is -0.0323. The number of nitrogens with zero attached hydrogens (tertiary/aromatic N) is 2. The maximum Gasteiger partial charge on any atom is 0.461 e. The number of aromatic nitrogens is 3. The van der Waals surface area contributed by atoms with Crippen molar-refractivity contribution in [3.63, 3.8) is 0 Å². The summed E-state index contributed by atoms with van der Waals surface area (Å²) in [6.45, 7) is 1.99. The fourth-order valence-corrected chi connectivity index (χ4v) is 3.14. The predicted octanol–water partition coefficient (Wildman–Crippen LogP) is 6.38. The number of hydrogen-bond donors (Lipinski definition) is 3. The molecule has 154 valence electrons. The van der Waals surface area contributed by atoms with E-state index in [0.717, 1.165) is 16.6 Å². The van der Waals surface area contributed by atoms with E-state index in [-0.39, 0.29) is 11.9 Å². The number of nitrogens with one attached hydrogen (secondary N) is 3. The standard InChI is InChI=1S/C20H16F3N5OS/c1-12-10-13-11-16(6-7-17(13)25-12)29-18-8-9-24-19(27-18)26-14-2-4-15(5-3-14)28-30-20(21,22)23/h2-11,25,28H,1H3,(H,24,26,27). The highest BCUT2D eigenvalue weighted by molar-refractivity contribution is 8.01. The van der Waals surface area contributed by atoms with Gasteiger partial charge in [0.25, 0.3) is 0 Å². The minimum Gasteiger partial charge on any atom is -0.439 e. The van der Waals surface area contributed by atoms with Crippen molar-refractivity contribution in [3.8, 4) is 11.6 Å². The molecule has 0 amide bonds. The zero-order valence-corrected chi connectivity index (χ0v) is 16.4. The van der Waals surface area contributed by atoms with E-state index in [1.807, 2.05) is 31.2 Å². The lowest BCUT2D eigenvalue weighted by Crippen LogP contribution is -2.04. The maximum atomic E-state index is 12.2. The molecule has 10 heteroatoms. The summed E-state index contributed by atoms with van der Waals surface area (Å²) in [5.41, 5.74) is -1.31. The smallest absolute Gasteiger partial charge is 0.439 e. The van der Waals surface area contributed by atoms with Crippen LogP contribution >= 0.6 is 11.9 Å². The maximum absolute atomic E-state index is 12.2. The van der Waals surface area contributed by atoms with Gasteiger partial charge < -0.3 is 19.8 Å². The molecule has 0 atom stereocenters. The molecule has 4 aromatic rings. The van der Waals surface area contributed by atoms with E-state index < -0.39 is 5.51 Å². The van der Waals surface area contributed by atoms with Gasteiger partial charge in [0.15, 0.2) is 0 Å². The molecule has 0 unspecified atom stereocenters.